The Morgan fingerprint density at radius 3 is 2.62 bits per heavy atom. The van der Waals surface area contributed by atoms with Crippen LogP contribution in [-0.4, -0.2) is 21.4 Å². The number of carbonyl (C=O) groups excluding carboxylic acids is 1. The highest BCUT2D eigenvalue weighted by molar-refractivity contribution is 8.00. The molecule has 0 aliphatic carbocycles. The molecule has 5 nitrogen and oxygen atoms in total. The summed E-state index contributed by atoms with van der Waals surface area (Å²) in [5.74, 6) is -1.51. The minimum Gasteiger partial charge on any atom is -0.411 e. The first-order chi connectivity index (χ1) is 12.4. The van der Waals surface area contributed by atoms with Gasteiger partial charge in [-0.05, 0) is 38.1 Å². The molecule has 0 radical (unpaired) electrons. The summed E-state index contributed by atoms with van der Waals surface area (Å²) in [5, 5.41) is 9.78. The lowest BCUT2D eigenvalue weighted by Crippen LogP contribution is -2.23. The van der Waals surface area contributed by atoms with E-state index in [0.29, 0.717) is 5.89 Å². The fraction of sp³-hybridized carbons (Fsp3) is 0.167. The minimum atomic E-state index is -0.712. The van der Waals surface area contributed by atoms with Gasteiger partial charge in [0, 0.05) is 11.6 Å². The Morgan fingerprint density at radius 1 is 1.15 bits per heavy atom. The summed E-state index contributed by atoms with van der Waals surface area (Å²) in [6.45, 7) is 3.58. The molecule has 0 bridgehead atoms. The standard InChI is InChI=1S/C18H15F2N3O2S/c1-10-3-5-12(6-4-10)17-22-23-18(25-17)26-11(2)16(24)21-15-9-13(19)7-8-14(15)20/h3-9,11H,1-2H3,(H,21,24)/t11-/m1/s1. The number of aryl methyl sites for hydroxylation is 1. The Hall–Kier alpha value is -2.74. The maximum atomic E-state index is 13.6. The van der Waals surface area contributed by atoms with E-state index in [1.54, 1.807) is 6.92 Å². The molecule has 0 fully saturated rings. The van der Waals surface area contributed by atoms with E-state index in [1.807, 2.05) is 31.2 Å². The van der Waals surface area contributed by atoms with E-state index in [9.17, 15) is 13.6 Å². The molecule has 0 spiro atoms. The normalized spacial score (nSPS) is 12.0. The molecule has 3 rings (SSSR count). The van der Waals surface area contributed by atoms with Crippen LogP contribution in [0.3, 0.4) is 0 Å². The van der Waals surface area contributed by atoms with Crippen LogP contribution in [0.1, 0.15) is 12.5 Å². The van der Waals surface area contributed by atoms with Gasteiger partial charge in [0.25, 0.3) is 5.22 Å². The lowest BCUT2D eigenvalue weighted by molar-refractivity contribution is -0.115. The number of rotatable bonds is 5. The third-order valence-electron chi connectivity index (χ3n) is 3.54. The van der Waals surface area contributed by atoms with Crippen LogP contribution in [0.25, 0.3) is 11.5 Å². The van der Waals surface area contributed by atoms with Gasteiger partial charge in [0.05, 0.1) is 10.9 Å². The number of hydrogen-bond acceptors (Lipinski definition) is 5. The molecule has 0 saturated carbocycles. The van der Waals surface area contributed by atoms with Gasteiger partial charge < -0.3 is 9.73 Å². The Bertz CT molecular complexity index is 928. The maximum absolute atomic E-state index is 13.6. The molecule has 1 heterocycles. The molecule has 1 N–H and O–H groups in total. The summed E-state index contributed by atoms with van der Waals surface area (Å²) in [6, 6.07) is 10.4. The molecule has 3 aromatic rings. The second-order valence-electron chi connectivity index (χ2n) is 5.61. The van der Waals surface area contributed by atoms with Crippen LogP contribution in [0.4, 0.5) is 14.5 Å². The number of nitrogens with one attached hydrogen (secondary N) is 1. The van der Waals surface area contributed by atoms with Crippen LogP contribution in [0.15, 0.2) is 52.1 Å². The van der Waals surface area contributed by atoms with Crippen LogP contribution in [0.2, 0.25) is 0 Å². The first kappa shape index (κ1) is 18.1. The first-order valence-corrected chi connectivity index (χ1v) is 8.63. The highest BCUT2D eigenvalue weighted by atomic mass is 32.2. The molecule has 0 saturated heterocycles. The topological polar surface area (TPSA) is 68.0 Å². The summed E-state index contributed by atoms with van der Waals surface area (Å²) in [7, 11) is 0. The summed E-state index contributed by atoms with van der Waals surface area (Å²) >= 11 is 1.03. The summed E-state index contributed by atoms with van der Waals surface area (Å²) in [5.41, 5.74) is 1.67. The van der Waals surface area contributed by atoms with E-state index in [1.165, 1.54) is 0 Å². The predicted octanol–water partition coefficient (Wildman–Crippen LogP) is 4.44. The predicted molar refractivity (Wildman–Crippen MR) is 94.8 cm³/mol. The van der Waals surface area contributed by atoms with Gasteiger partial charge in [0.2, 0.25) is 11.8 Å². The summed E-state index contributed by atoms with van der Waals surface area (Å²) in [4.78, 5) is 12.2. The molecule has 1 aromatic heterocycles. The van der Waals surface area contributed by atoms with Crippen molar-refractivity contribution in [3.05, 3.63) is 59.7 Å². The van der Waals surface area contributed by atoms with Crippen LogP contribution in [-0.2, 0) is 4.79 Å². The number of aromatic nitrogens is 2. The van der Waals surface area contributed by atoms with Crippen LogP contribution in [0, 0.1) is 18.6 Å². The highest BCUT2D eigenvalue weighted by Gasteiger charge is 2.20. The Balaban J connectivity index is 1.66. The molecule has 0 aliphatic rings. The highest BCUT2D eigenvalue weighted by Crippen LogP contribution is 2.27. The first-order valence-electron chi connectivity index (χ1n) is 7.75. The minimum absolute atomic E-state index is 0.211. The van der Waals surface area contributed by atoms with Crippen molar-refractivity contribution < 1.29 is 18.0 Å². The lowest BCUT2D eigenvalue weighted by Gasteiger charge is -2.10. The zero-order valence-corrected chi connectivity index (χ0v) is 14.8. The van der Waals surface area contributed by atoms with Crippen molar-refractivity contribution in [3.63, 3.8) is 0 Å². The zero-order valence-electron chi connectivity index (χ0n) is 14.0. The molecule has 1 amide bonds. The van der Waals surface area contributed by atoms with Crippen LogP contribution in [0.5, 0.6) is 0 Å². The Labute approximate surface area is 152 Å². The average Bonchev–Trinajstić information content (AvgIpc) is 3.07. The number of halogens is 2. The molecule has 8 heteroatoms. The van der Waals surface area contributed by atoms with E-state index >= 15 is 0 Å². The van der Waals surface area contributed by atoms with Gasteiger partial charge in [-0.15, -0.1) is 10.2 Å². The molecular weight excluding hydrogens is 360 g/mol. The van der Waals surface area contributed by atoms with Gasteiger partial charge in [0.1, 0.15) is 11.6 Å². The van der Waals surface area contributed by atoms with Gasteiger partial charge in [-0.1, -0.05) is 29.5 Å². The van der Waals surface area contributed by atoms with Crippen LogP contribution < -0.4 is 5.32 Å². The molecule has 0 unspecified atom stereocenters. The van der Waals surface area contributed by atoms with E-state index < -0.39 is 22.8 Å². The number of thioether (sulfide) groups is 1. The summed E-state index contributed by atoms with van der Waals surface area (Å²) < 4.78 is 32.3. The molecular formula is C18H15F2N3O2S. The number of hydrogen-bond donors (Lipinski definition) is 1. The van der Waals surface area contributed by atoms with Crippen molar-refractivity contribution in [2.24, 2.45) is 0 Å². The van der Waals surface area contributed by atoms with E-state index in [4.69, 9.17) is 4.42 Å². The SMILES string of the molecule is Cc1ccc(-c2nnc(S[C@H](C)C(=O)Nc3cc(F)ccc3F)o2)cc1. The quantitative estimate of drug-likeness (QED) is 0.668. The van der Waals surface area contributed by atoms with Crippen molar-refractivity contribution in [1.82, 2.24) is 10.2 Å². The molecule has 2 aromatic carbocycles. The molecule has 1 atom stereocenters. The van der Waals surface area contributed by atoms with Gasteiger partial charge in [-0.3, -0.25) is 4.79 Å². The van der Waals surface area contributed by atoms with Crippen molar-refractivity contribution in [1.29, 1.82) is 0 Å². The molecule has 26 heavy (non-hydrogen) atoms. The fourth-order valence-corrected chi connectivity index (χ4v) is 2.79. The van der Waals surface area contributed by atoms with Crippen molar-refractivity contribution >= 4 is 23.4 Å². The smallest absolute Gasteiger partial charge is 0.277 e. The number of benzene rings is 2. The second kappa shape index (κ2) is 7.65. The third-order valence-corrected chi connectivity index (χ3v) is 4.47. The average molecular weight is 375 g/mol. The van der Waals surface area contributed by atoms with E-state index in [-0.39, 0.29) is 10.9 Å². The maximum Gasteiger partial charge on any atom is 0.277 e. The second-order valence-corrected chi connectivity index (χ2v) is 6.90. The zero-order chi connectivity index (χ0) is 18.7. The van der Waals surface area contributed by atoms with Gasteiger partial charge in [0.15, 0.2) is 0 Å². The number of nitrogens with zero attached hydrogens (tertiary/aromatic N) is 2. The summed E-state index contributed by atoms with van der Waals surface area (Å²) in [6.07, 6.45) is 0. The molecule has 0 aliphatic heterocycles. The molecule has 134 valence electrons. The number of anilines is 1. The van der Waals surface area contributed by atoms with Crippen LogP contribution >= 0.6 is 11.8 Å². The number of amides is 1. The van der Waals surface area contributed by atoms with Crippen molar-refractivity contribution in [2.75, 3.05) is 5.32 Å². The number of carbonyl (C=O) groups is 1. The fourth-order valence-electron chi connectivity index (χ4n) is 2.10. The van der Waals surface area contributed by atoms with Crippen molar-refractivity contribution in [2.45, 2.75) is 24.3 Å². The largest absolute Gasteiger partial charge is 0.411 e. The third kappa shape index (κ3) is 4.26. The van der Waals surface area contributed by atoms with E-state index in [2.05, 4.69) is 15.5 Å². The lowest BCUT2D eigenvalue weighted by atomic mass is 10.1. The Morgan fingerprint density at radius 2 is 1.88 bits per heavy atom. The monoisotopic (exact) mass is 375 g/mol. The van der Waals surface area contributed by atoms with Gasteiger partial charge in [-0.25, -0.2) is 8.78 Å². The van der Waals surface area contributed by atoms with Crippen molar-refractivity contribution in [3.8, 4) is 11.5 Å². The Kier molecular flexibility index (Phi) is 5.32. The van der Waals surface area contributed by atoms with E-state index in [0.717, 1.165) is 41.1 Å². The van der Waals surface area contributed by atoms with Gasteiger partial charge in [-0.2, -0.15) is 0 Å². The van der Waals surface area contributed by atoms with Gasteiger partial charge >= 0.3 is 0 Å².